The number of phenolic OH excluding ortho intramolecular Hbond substituents is 1. The summed E-state index contributed by atoms with van der Waals surface area (Å²) in [5.41, 5.74) is 2.01. The lowest BCUT2D eigenvalue weighted by Gasteiger charge is -2.17. The Hall–Kier alpha value is -1.65. The van der Waals surface area contributed by atoms with E-state index in [9.17, 15) is 5.11 Å². The van der Waals surface area contributed by atoms with Crippen molar-refractivity contribution in [2.24, 2.45) is 0 Å². The van der Waals surface area contributed by atoms with Crippen molar-refractivity contribution in [1.29, 1.82) is 0 Å². The summed E-state index contributed by atoms with van der Waals surface area (Å²) in [6.07, 6.45) is 2.82. The van der Waals surface area contributed by atoms with Gasteiger partial charge in [0.1, 0.15) is 5.75 Å². The van der Waals surface area contributed by atoms with Crippen LogP contribution in [0.1, 0.15) is 18.1 Å². The van der Waals surface area contributed by atoms with E-state index < -0.39 is 0 Å². The van der Waals surface area contributed by atoms with Crippen LogP contribution in [-0.2, 0) is 4.74 Å². The second kappa shape index (κ2) is 4.92. The molecule has 0 amide bonds. The molecule has 3 rings (SSSR count). The van der Waals surface area contributed by atoms with Crippen LogP contribution in [0.4, 0.5) is 0 Å². The average molecular weight is 244 g/mol. The maximum Gasteiger partial charge on any atom is 0.116 e. The van der Waals surface area contributed by atoms with Crippen LogP contribution in [0.2, 0.25) is 0 Å². The topological polar surface area (TPSA) is 54.4 Å². The minimum Gasteiger partial charge on any atom is -0.508 e. The van der Waals surface area contributed by atoms with Crippen LogP contribution in [0, 0.1) is 0 Å². The Bertz CT molecular complexity index is 548. The first-order valence-corrected chi connectivity index (χ1v) is 6.24. The van der Waals surface area contributed by atoms with Gasteiger partial charge in [0.25, 0.3) is 0 Å². The van der Waals surface area contributed by atoms with Crippen LogP contribution < -0.4 is 5.32 Å². The summed E-state index contributed by atoms with van der Waals surface area (Å²) in [5, 5.41) is 13.9. The second-order valence-electron chi connectivity index (χ2n) is 4.50. The summed E-state index contributed by atoms with van der Waals surface area (Å²) in [6, 6.07) is 7.24. The number of rotatable bonds is 1. The minimum absolute atomic E-state index is 0.0762. The molecule has 0 bridgehead atoms. The summed E-state index contributed by atoms with van der Waals surface area (Å²) in [5.74, 6) is 0.267. The molecule has 1 aromatic carbocycles. The number of fused-ring (bicyclic) bond motifs is 1. The quantitative estimate of drug-likeness (QED) is 0.805. The van der Waals surface area contributed by atoms with Crippen LogP contribution in [0.5, 0.6) is 5.75 Å². The van der Waals surface area contributed by atoms with Crippen molar-refractivity contribution in [3.8, 4) is 5.75 Å². The number of aromatic nitrogens is 1. The fraction of sp³-hybridized carbons (Fsp3) is 0.357. The first-order chi connectivity index (χ1) is 8.84. The molecule has 2 N–H and O–H groups in total. The summed E-state index contributed by atoms with van der Waals surface area (Å²) in [7, 11) is 0. The van der Waals surface area contributed by atoms with Crippen molar-refractivity contribution in [1.82, 2.24) is 10.3 Å². The van der Waals surface area contributed by atoms with Gasteiger partial charge in [0, 0.05) is 18.1 Å². The lowest BCUT2D eigenvalue weighted by Crippen LogP contribution is -2.16. The lowest BCUT2D eigenvalue weighted by molar-refractivity contribution is 0.0654. The van der Waals surface area contributed by atoms with E-state index in [2.05, 4.69) is 10.3 Å². The molecule has 1 fully saturated rings. The third-order valence-corrected chi connectivity index (χ3v) is 3.29. The van der Waals surface area contributed by atoms with Gasteiger partial charge in [-0.25, -0.2) is 0 Å². The summed E-state index contributed by atoms with van der Waals surface area (Å²) >= 11 is 0. The molecule has 0 aliphatic carbocycles. The van der Waals surface area contributed by atoms with Gasteiger partial charge >= 0.3 is 0 Å². The molecule has 1 aromatic heterocycles. The molecule has 18 heavy (non-hydrogen) atoms. The minimum atomic E-state index is 0.0762. The molecule has 1 aliphatic rings. The van der Waals surface area contributed by atoms with Crippen LogP contribution in [0.25, 0.3) is 10.9 Å². The molecule has 1 unspecified atom stereocenters. The number of hydrogen-bond donors (Lipinski definition) is 2. The predicted molar refractivity (Wildman–Crippen MR) is 69.6 cm³/mol. The fourth-order valence-corrected chi connectivity index (χ4v) is 2.40. The Labute approximate surface area is 106 Å². The van der Waals surface area contributed by atoms with E-state index in [0.717, 1.165) is 36.0 Å². The van der Waals surface area contributed by atoms with Crippen LogP contribution in [0.15, 0.2) is 30.5 Å². The molecule has 0 radical (unpaired) electrons. The average Bonchev–Trinajstić information content (AvgIpc) is 2.67. The first-order valence-electron chi connectivity index (χ1n) is 6.24. The van der Waals surface area contributed by atoms with E-state index in [-0.39, 0.29) is 11.9 Å². The zero-order valence-corrected chi connectivity index (χ0v) is 10.1. The van der Waals surface area contributed by atoms with Crippen LogP contribution in [-0.4, -0.2) is 29.8 Å². The van der Waals surface area contributed by atoms with Gasteiger partial charge in [-0.3, -0.25) is 4.98 Å². The van der Waals surface area contributed by atoms with Gasteiger partial charge < -0.3 is 15.2 Å². The van der Waals surface area contributed by atoms with Crippen molar-refractivity contribution in [3.63, 3.8) is 0 Å². The van der Waals surface area contributed by atoms with Gasteiger partial charge in [-0.2, -0.15) is 0 Å². The monoisotopic (exact) mass is 244 g/mol. The highest BCUT2D eigenvalue weighted by Crippen LogP contribution is 2.30. The van der Waals surface area contributed by atoms with E-state index in [0.29, 0.717) is 6.61 Å². The van der Waals surface area contributed by atoms with Crippen molar-refractivity contribution < 1.29 is 9.84 Å². The number of nitrogens with one attached hydrogen (secondary N) is 1. The molecule has 0 spiro atoms. The molecule has 4 nitrogen and oxygen atoms in total. The Morgan fingerprint density at radius 2 is 2.22 bits per heavy atom. The van der Waals surface area contributed by atoms with Gasteiger partial charge in [-0.15, -0.1) is 0 Å². The van der Waals surface area contributed by atoms with Crippen molar-refractivity contribution >= 4 is 10.9 Å². The van der Waals surface area contributed by atoms with Crippen molar-refractivity contribution in [2.45, 2.75) is 12.5 Å². The Morgan fingerprint density at radius 3 is 3.17 bits per heavy atom. The van der Waals surface area contributed by atoms with Crippen LogP contribution >= 0.6 is 0 Å². The summed E-state index contributed by atoms with van der Waals surface area (Å²) in [6.45, 7) is 2.56. The highest BCUT2D eigenvalue weighted by Gasteiger charge is 2.17. The third-order valence-electron chi connectivity index (χ3n) is 3.29. The number of aromatic hydroxyl groups is 1. The summed E-state index contributed by atoms with van der Waals surface area (Å²) < 4.78 is 5.87. The number of phenols is 1. The SMILES string of the molecule is Oc1ccc2nccc(C3CCNCCO3)c2c1. The molecule has 4 heteroatoms. The number of ether oxygens (including phenoxy) is 1. The van der Waals surface area contributed by atoms with Gasteiger partial charge in [-0.1, -0.05) is 0 Å². The lowest BCUT2D eigenvalue weighted by atomic mass is 10.0. The zero-order valence-electron chi connectivity index (χ0n) is 10.1. The first kappa shape index (κ1) is 11.4. The predicted octanol–water partition coefficient (Wildman–Crippen LogP) is 1.99. The van der Waals surface area contributed by atoms with E-state index in [1.54, 1.807) is 18.3 Å². The van der Waals surface area contributed by atoms with Gasteiger partial charge in [0.15, 0.2) is 0 Å². The van der Waals surface area contributed by atoms with E-state index >= 15 is 0 Å². The van der Waals surface area contributed by atoms with Crippen molar-refractivity contribution in [2.75, 3.05) is 19.7 Å². The molecule has 2 aromatic rings. The van der Waals surface area contributed by atoms with E-state index in [1.165, 1.54) is 0 Å². The van der Waals surface area contributed by atoms with E-state index in [1.807, 2.05) is 12.1 Å². The number of hydrogen-bond acceptors (Lipinski definition) is 4. The maximum absolute atomic E-state index is 9.63. The highest BCUT2D eigenvalue weighted by molar-refractivity contribution is 5.83. The van der Waals surface area contributed by atoms with Gasteiger partial charge in [0.05, 0.1) is 18.2 Å². The molecule has 2 heterocycles. The molecule has 0 saturated carbocycles. The maximum atomic E-state index is 9.63. The Morgan fingerprint density at radius 1 is 1.28 bits per heavy atom. The molecular weight excluding hydrogens is 228 g/mol. The largest absolute Gasteiger partial charge is 0.508 e. The number of nitrogens with zero attached hydrogens (tertiary/aromatic N) is 1. The standard InChI is InChI=1S/C14H16N2O2/c17-10-1-2-13-12(9-10)11(3-6-16-13)14-4-5-15-7-8-18-14/h1-3,6,9,14-15,17H,4-5,7-8H2. The van der Waals surface area contributed by atoms with Gasteiger partial charge in [0.2, 0.25) is 0 Å². The Kier molecular flexibility index (Phi) is 3.13. The number of benzene rings is 1. The molecule has 1 atom stereocenters. The third kappa shape index (κ3) is 2.17. The van der Waals surface area contributed by atoms with Gasteiger partial charge in [-0.05, 0) is 42.8 Å². The molecule has 1 aliphatic heterocycles. The molecule has 94 valence electrons. The fourth-order valence-electron chi connectivity index (χ4n) is 2.40. The van der Waals surface area contributed by atoms with E-state index in [4.69, 9.17) is 4.74 Å². The molecule has 1 saturated heterocycles. The summed E-state index contributed by atoms with van der Waals surface area (Å²) in [4.78, 5) is 4.32. The van der Waals surface area contributed by atoms with Crippen LogP contribution in [0.3, 0.4) is 0 Å². The Balaban J connectivity index is 2.06. The van der Waals surface area contributed by atoms with Crippen molar-refractivity contribution in [3.05, 3.63) is 36.0 Å². The smallest absolute Gasteiger partial charge is 0.116 e. The second-order valence-corrected chi connectivity index (χ2v) is 4.50. The normalized spacial score (nSPS) is 20.8. The molecular formula is C14H16N2O2. The highest BCUT2D eigenvalue weighted by atomic mass is 16.5. The number of pyridine rings is 1. The zero-order chi connectivity index (χ0) is 12.4.